The van der Waals surface area contributed by atoms with Crippen molar-refractivity contribution in [2.24, 2.45) is 5.73 Å². The molecule has 1 aromatic heterocycles. The molecule has 2 rings (SSSR count). The van der Waals surface area contributed by atoms with Crippen LogP contribution in [0.15, 0.2) is 40.8 Å². The van der Waals surface area contributed by atoms with Crippen LogP contribution in [-0.4, -0.2) is 5.91 Å². The van der Waals surface area contributed by atoms with Crippen molar-refractivity contribution in [1.82, 2.24) is 5.32 Å². The largest absolute Gasteiger partial charge is 0.454 e. The van der Waals surface area contributed by atoms with Crippen molar-refractivity contribution < 1.29 is 9.21 Å². The van der Waals surface area contributed by atoms with Crippen LogP contribution in [0.2, 0.25) is 0 Å². The molecule has 0 fully saturated rings. The molecule has 0 saturated carbocycles. The zero-order valence-corrected chi connectivity index (χ0v) is 11.8. The van der Waals surface area contributed by atoms with Crippen molar-refractivity contribution in [2.45, 2.75) is 13.1 Å². The number of nitrogens with two attached hydrogens (primary N) is 1. The van der Waals surface area contributed by atoms with Gasteiger partial charge >= 0.3 is 0 Å². The predicted molar refractivity (Wildman–Crippen MR) is 76.9 cm³/mol. The van der Waals surface area contributed by atoms with Gasteiger partial charge in [-0.15, -0.1) is 0 Å². The minimum absolute atomic E-state index is 0.405. The van der Waals surface area contributed by atoms with E-state index in [4.69, 9.17) is 10.2 Å². The van der Waals surface area contributed by atoms with Gasteiger partial charge in [0.2, 0.25) is 5.91 Å². The molecule has 0 aliphatic rings. The van der Waals surface area contributed by atoms with Gasteiger partial charge in [0.1, 0.15) is 5.76 Å². The predicted octanol–water partition coefficient (Wildman–Crippen LogP) is 2.27. The van der Waals surface area contributed by atoms with Gasteiger partial charge in [-0.25, -0.2) is 0 Å². The minimum Gasteiger partial charge on any atom is -0.454 e. The van der Waals surface area contributed by atoms with Gasteiger partial charge < -0.3 is 15.5 Å². The summed E-state index contributed by atoms with van der Waals surface area (Å²) in [5, 5.41) is 3.25. The Labute approximate surface area is 119 Å². The van der Waals surface area contributed by atoms with E-state index in [-0.39, 0.29) is 0 Å². The van der Waals surface area contributed by atoms with Gasteiger partial charge in [0.15, 0.2) is 3.77 Å². The van der Waals surface area contributed by atoms with Gasteiger partial charge in [0.25, 0.3) is 0 Å². The normalized spacial score (nSPS) is 10.5. The Morgan fingerprint density at radius 1 is 1.28 bits per heavy atom. The van der Waals surface area contributed by atoms with Crippen molar-refractivity contribution in [3.63, 3.8) is 0 Å². The Kier molecular flexibility index (Phi) is 4.38. The van der Waals surface area contributed by atoms with E-state index >= 15 is 0 Å². The van der Waals surface area contributed by atoms with E-state index in [1.807, 2.05) is 24.3 Å². The molecule has 5 heteroatoms. The third-order valence-electron chi connectivity index (χ3n) is 2.47. The molecule has 0 unspecified atom stereocenters. The number of rotatable bonds is 5. The molecule has 1 amide bonds. The van der Waals surface area contributed by atoms with E-state index in [2.05, 4.69) is 27.9 Å². The molecule has 0 saturated heterocycles. The van der Waals surface area contributed by atoms with Gasteiger partial charge in [0.05, 0.1) is 6.54 Å². The zero-order chi connectivity index (χ0) is 13.0. The number of amides is 1. The zero-order valence-electron chi connectivity index (χ0n) is 9.65. The molecule has 18 heavy (non-hydrogen) atoms. The van der Waals surface area contributed by atoms with E-state index in [0.717, 1.165) is 15.1 Å². The average Bonchev–Trinajstić information content (AvgIpc) is 2.75. The molecule has 0 radical (unpaired) electrons. The van der Waals surface area contributed by atoms with E-state index in [1.54, 1.807) is 12.1 Å². The second-order valence-electron chi connectivity index (χ2n) is 3.87. The van der Waals surface area contributed by atoms with Gasteiger partial charge in [0, 0.05) is 12.1 Å². The molecule has 0 aliphatic heterocycles. The number of carbonyl (C=O) groups is 1. The van der Waals surface area contributed by atoms with E-state index in [0.29, 0.717) is 18.7 Å². The lowest BCUT2D eigenvalue weighted by Crippen LogP contribution is -2.14. The summed E-state index contributed by atoms with van der Waals surface area (Å²) in [6.07, 6.45) is 0. The first kappa shape index (κ1) is 13.1. The van der Waals surface area contributed by atoms with Crippen LogP contribution in [0, 0.1) is 3.77 Å². The van der Waals surface area contributed by atoms with Gasteiger partial charge in [-0.1, -0.05) is 12.1 Å². The molecule has 0 atom stereocenters. The summed E-state index contributed by atoms with van der Waals surface area (Å²) in [5.74, 6) is 0.489. The standard InChI is InChI=1S/C13H13IN2O2/c14-12-5-4-11(18-12)8-16-7-9-2-1-3-10(6-9)13(15)17/h1-6,16H,7-8H2,(H2,15,17). The third kappa shape index (κ3) is 3.58. The number of benzene rings is 1. The number of hydrogen-bond acceptors (Lipinski definition) is 3. The Bertz CT molecular complexity index is 551. The summed E-state index contributed by atoms with van der Waals surface area (Å²) in [6, 6.07) is 11.1. The molecule has 0 aliphatic carbocycles. The second-order valence-corrected chi connectivity index (χ2v) is 4.94. The molecule has 1 heterocycles. The number of primary amides is 1. The summed E-state index contributed by atoms with van der Waals surface area (Å²) in [4.78, 5) is 11.0. The van der Waals surface area contributed by atoms with Crippen molar-refractivity contribution in [1.29, 1.82) is 0 Å². The first-order valence-electron chi connectivity index (χ1n) is 5.49. The lowest BCUT2D eigenvalue weighted by Gasteiger charge is -2.04. The topological polar surface area (TPSA) is 68.3 Å². The quantitative estimate of drug-likeness (QED) is 0.808. The maximum atomic E-state index is 11.0. The summed E-state index contributed by atoms with van der Waals surface area (Å²) in [5.41, 5.74) is 6.78. The number of carbonyl (C=O) groups excluding carboxylic acids is 1. The number of furan rings is 1. The maximum Gasteiger partial charge on any atom is 0.248 e. The van der Waals surface area contributed by atoms with Gasteiger partial charge in [-0.3, -0.25) is 4.79 Å². The Hall–Kier alpha value is -1.34. The van der Waals surface area contributed by atoms with Crippen LogP contribution in [0.25, 0.3) is 0 Å². The molecule has 3 N–H and O–H groups in total. The third-order valence-corrected chi connectivity index (χ3v) is 3.05. The highest BCUT2D eigenvalue weighted by Gasteiger charge is 2.02. The van der Waals surface area contributed by atoms with Crippen molar-refractivity contribution in [3.05, 3.63) is 57.1 Å². The van der Waals surface area contributed by atoms with E-state index in [1.165, 1.54) is 0 Å². The number of nitrogens with one attached hydrogen (secondary N) is 1. The molecular formula is C13H13IN2O2. The highest BCUT2D eigenvalue weighted by molar-refractivity contribution is 14.1. The fourth-order valence-corrected chi connectivity index (χ4v) is 2.07. The summed E-state index contributed by atoms with van der Waals surface area (Å²) in [6.45, 7) is 1.32. The Morgan fingerprint density at radius 2 is 2.11 bits per heavy atom. The molecule has 4 nitrogen and oxygen atoms in total. The molecule has 2 aromatic rings. The van der Waals surface area contributed by atoms with Crippen LogP contribution in [0.5, 0.6) is 0 Å². The van der Waals surface area contributed by atoms with Gasteiger partial charge in [-0.2, -0.15) is 0 Å². The van der Waals surface area contributed by atoms with Crippen LogP contribution in [0.4, 0.5) is 0 Å². The van der Waals surface area contributed by atoms with Crippen molar-refractivity contribution >= 4 is 28.5 Å². The van der Waals surface area contributed by atoms with Crippen molar-refractivity contribution in [2.75, 3.05) is 0 Å². The molecule has 0 bridgehead atoms. The summed E-state index contributed by atoms with van der Waals surface area (Å²) >= 11 is 2.13. The maximum absolute atomic E-state index is 11.0. The van der Waals surface area contributed by atoms with Crippen LogP contribution in [0.3, 0.4) is 0 Å². The Balaban J connectivity index is 1.90. The van der Waals surface area contributed by atoms with E-state index in [9.17, 15) is 4.79 Å². The lowest BCUT2D eigenvalue weighted by atomic mass is 10.1. The fourth-order valence-electron chi connectivity index (χ4n) is 1.61. The van der Waals surface area contributed by atoms with Gasteiger partial charge in [-0.05, 0) is 52.4 Å². The number of halogens is 1. The highest BCUT2D eigenvalue weighted by atomic mass is 127. The van der Waals surface area contributed by atoms with Crippen molar-refractivity contribution in [3.8, 4) is 0 Å². The monoisotopic (exact) mass is 356 g/mol. The molecule has 94 valence electrons. The van der Waals surface area contributed by atoms with E-state index < -0.39 is 5.91 Å². The summed E-state index contributed by atoms with van der Waals surface area (Å²) < 4.78 is 6.31. The van der Waals surface area contributed by atoms with Crippen LogP contribution >= 0.6 is 22.6 Å². The van der Waals surface area contributed by atoms with Crippen LogP contribution < -0.4 is 11.1 Å². The first-order valence-corrected chi connectivity index (χ1v) is 6.57. The molecule has 0 spiro atoms. The fraction of sp³-hybridized carbons (Fsp3) is 0.154. The summed E-state index contributed by atoms with van der Waals surface area (Å²) in [7, 11) is 0. The Morgan fingerprint density at radius 3 is 2.78 bits per heavy atom. The lowest BCUT2D eigenvalue weighted by molar-refractivity contribution is 0.1000. The van der Waals surface area contributed by atoms with Crippen LogP contribution in [0.1, 0.15) is 21.7 Å². The number of hydrogen-bond donors (Lipinski definition) is 2. The highest BCUT2D eigenvalue weighted by Crippen LogP contribution is 2.10. The molecule has 1 aromatic carbocycles. The first-order chi connectivity index (χ1) is 8.65. The van der Waals surface area contributed by atoms with Crippen LogP contribution in [-0.2, 0) is 13.1 Å². The second kappa shape index (κ2) is 6.01. The average molecular weight is 356 g/mol. The smallest absolute Gasteiger partial charge is 0.248 e. The SMILES string of the molecule is NC(=O)c1cccc(CNCc2ccc(I)o2)c1. The minimum atomic E-state index is -0.405. The molecular weight excluding hydrogens is 343 g/mol.